The number of carbonyl (C=O) groups is 1. The highest BCUT2D eigenvalue weighted by Crippen LogP contribution is 2.10. The Labute approximate surface area is 46.9 Å². The fraction of sp³-hybridized carbons (Fsp3) is 0.400. The fourth-order valence-electron chi connectivity index (χ4n) is 0.519. The lowest BCUT2D eigenvalue weighted by molar-refractivity contribution is -0.137. The van der Waals surface area contributed by atoms with Gasteiger partial charge in [0.1, 0.15) is 6.07 Å². The fourth-order valence-corrected chi connectivity index (χ4v) is 0.519. The number of carbonyl (C=O) groups excluding carboxylic acids is 1. The molecule has 1 unspecified atom stereocenters. The summed E-state index contributed by atoms with van der Waals surface area (Å²) < 4.78 is 4.45. The Morgan fingerprint density at radius 2 is 2.75 bits per heavy atom. The van der Waals surface area contributed by atoms with E-state index in [0.29, 0.717) is 6.42 Å². The predicted molar refractivity (Wildman–Crippen MR) is 24.4 cm³/mol. The standard InChI is InChI=1S/C5H4NO2/c6-3-4-1-2-5(7)8-4/h2,4H,1H2. The number of nitrogens with zero attached hydrogens (tertiary/aromatic N) is 1. The minimum Gasteiger partial charge on any atom is -0.447 e. The molecule has 1 radical (unpaired) electrons. The number of rotatable bonds is 0. The molecule has 0 bridgehead atoms. The maximum atomic E-state index is 10.2. The van der Waals surface area contributed by atoms with E-state index >= 15 is 0 Å². The first-order valence-corrected chi connectivity index (χ1v) is 2.26. The summed E-state index contributed by atoms with van der Waals surface area (Å²) >= 11 is 0. The van der Waals surface area contributed by atoms with Gasteiger partial charge in [0.2, 0.25) is 0 Å². The summed E-state index contributed by atoms with van der Waals surface area (Å²) in [6, 6.07) is 1.82. The molecule has 1 heterocycles. The number of nitriles is 1. The predicted octanol–water partition coefficient (Wildman–Crippen LogP) is 0.0298. The average molecular weight is 110 g/mol. The lowest BCUT2D eigenvalue weighted by Gasteiger charge is -1.92. The van der Waals surface area contributed by atoms with Gasteiger partial charge in [0.25, 0.3) is 0 Å². The molecular weight excluding hydrogens is 106 g/mol. The molecule has 0 amide bonds. The molecule has 1 saturated heterocycles. The summed E-state index contributed by atoms with van der Waals surface area (Å²) in [7, 11) is 0. The van der Waals surface area contributed by atoms with Gasteiger partial charge in [-0.3, -0.25) is 4.79 Å². The third kappa shape index (κ3) is 0.784. The Hall–Kier alpha value is -1.04. The minimum atomic E-state index is -0.525. The van der Waals surface area contributed by atoms with E-state index in [-0.39, 0.29) is 5.97 Å². The van der Waals surface area contributed by atoms with Crippen LogP contribution in [0.5, 0.6) is 0 Å². The van der Waals surface area contributed by atoms with E-state index in [1.54, 1.807) is 0 Å². The van der Waals surface area contributed by atoms with Crippen molar-refractivity contribution in [2.24, 2.45) is 0 Å². The van der Waals surface area contributed by atoms with Crippen LogP contribution in [0.15, 0.2) is 0 Å². The number of ether oxygens (including phenoxy) is 1. The van der Waals surface area contributed by atoms with Crippen molar-refractivity contribution in [3.05, 3.63) is 6.42 Å². The lowest BCUT2D eigenvalue weighted by Crippen LogP contribution is -2.01. The molecule has 1 atom stereocenters. The highest BCUT2D eigenvalue weighted by Gasteiger charge is 2.22. The first kappa shape index (κ1) is 5.10. The zero-order valence-electron chi connectivity index (χ0n) is 4.13. The van der Waals surface area contributed by atoms with Crippen LogP contribution in [-0.2, 0) is 9.53 Å². The van der Waals surface area contributed by atoms with Crippen LogP contribution in [0.1, 0.15) is 6.42 Å². The lowest BCUT2D eigenvalue weighted by atomic mass is 10.3. The Morgan fingerprint density at radius 1 is 2.00 bits per heavy atom. The number of esters is 1. The molecule has 1 aliphatic rings. The molecule has 1 rings (SSSR count). The Morgan fingerprint density at radius 3 is 3.00 bits per heavy atom. The molecule has 0 aromatic heterocycles. The highest BCUT2D eigenvalue weighted by atomic mass is 16.5. The molecule has 0 spiro atoms. The SMILES string of the molecule is N#CC1C[CH]C(=O)O1. The van der Waals surface area contributed by atoms with Crippen molar-refractivity contribution in [1.82, 2.24) is 0 Å². The second kappa shape index (κ2) is 1.83. The van der Waals surface area contributed by atoms with Crippen LogP contribution in [0.2, 0.25) is 0 Å². The molecule has 1 fully saturated rings. The topological polar surface area (TPSA) is 50.1 Å². The van der Waals surface area contributed by atoms with Crippen LogP contribution in [0.4, 0.5) is 0 Å². The number of hydrogen-bond acceptors (Lipinski definition) is 3. The largest absolute Gasteiger partial charge is 0.447 e. The third-order valence-corrected chi connectivity index (χ3v) is 0.901. The van der Waals surface area contributed by atoms with Crippen molar-refractivity contribution in [2.75, 3.05) is 0 Å². The zero-order chi connectivity index (χ0) is 5.98. The van der Waals surface area contributed by atoms with Crippen LogP contribution < -0.4 is 0 Å². The maximum absolute atomic E-state index is 10.2. The van der Waals surface area contributed by atoms with Gasteiger partial charge >= 0.3 is 5.97 Å². The monoisotopic (exact) mass is 110 g/mol. The Bertz CT molecular complexity index is 147. The smallest absolute Gasteiger partial charge is 0.311 e. The summed E-state index contributed by atoms with van der Waals surface area (Å²) in [5, 5.41) is 8.14. The van der Waals surface area contributed by atoms with Crippen molar-refractivity contribution >= 4 is 5.97 Å². The Balaban J connectivity index is 2.47. The van der Waals surface area contributed by atoms with Gasteiger partial charge in [-0.05, 0) is 0 Å². The second-order valence-corrected chi connectivity index (χ2v) is 1.49. The van der Waals surface area contributed by atoms with Crippen molar-refractivity contribution in [1.29, 1.82) is 5.26 Å². The van der Waals surface area contributed by atoms with Crippen LogP contribution in [0.3, 0.4) is 0 Å². The summed E-state index contributed by atoms with van der Waals surface area (Å²) in [6.07, 6.45) is 1.28. The van der Waals surface area contributed by atoms with E-state index < -0.39 is 6.10 Å². The maximum Gasteiger partial charge on any atom is 0.311 e. The molecule has 41 valence electrons. The van der Waals surface area contributed by atoms with Crippen molar-refractivity contribution in [3.8, 4) is 6.07 Å². The molecule has 0 saturated carbocycles. The van der Waals surface area contributed by atoms with Gasteiger partial charge in [-0.2, -0.15) is 5.26 Å². The van der Waals surface area contributed by atoms with Crippen LogP contribution in [0, 0.1) is 17.8 Å². The molecule has 0 N–H and O–H groups in total. The molecular formula is C5H4NO2. The van der Waals surface area contributed by atoms with E-state index in [4.69, 9.17) is 5.26 Å². The summed E-state index contributed by atoms with van der Waals surface area (Å²) in [5.41, 5.74) is 0. The molecule has 0 aliphatic carbocycles. The Kier molecular flexibility index (Phi) is 1.17. The van der Waals surface area contributed by atoms with Gasteiger partial charge < -0.3 is 4.74 Å². The van der Waals surface area contributed by atoms with Gasteiger partial charge in [0, 0.05) is 6.42 Å². The third-order valence-electron chi connectivity index (χ3n) is 0.901. The van der Waals surface area contributed by atoms with Gasteiger partial charge in [0.05, 0.1) is 6.42 Å². The second-order valence-electron chi connectivity index (χ2n) is 1.49. The van der Waals surface area contributed by atoms with E-state index in [1.165, 1.54) is 6.42 Å². The first-order valence-electron chi connectivity index (χ1n) is 2.26. The molecule has 1 aliphatic heterocycles. The van der Waals surface area contributed by atoms with Gasteiger partial charge in [0.15, 0.2) is 6.10 Å². The summed E-state index contributed by atoms with van der Waals surface area (Å²) in [5.74, 6) is -0.378. The van der Waals surface area contributed by atoms with Gasteiger partial charge in [-0.15, -0.1) is 0 Å². The van der Waals surface area contributed by atoms with Gasteiger partial charge in [-0.1, -0.05) is 0 Å². The number of cyclic esters (lactones) is 1. The molecule has 0 aromatic carbocycles. The molecule has 3 heteroatoms. The zero-order valence-corrected chi connectivity index (χ0v) is 4.13. The molecule has 3 nitrogen and oxygen atoms in total. The average Bonchev–Trinajstić information content (AvgIpc) is 2.14. The first-order chi connectivity index (χ1) is 3.83. The van der Waals surface area contributed by atoms with Crippen molar-refractivity contribution in [2.45, 2.75) is 12.5 Å². The quantitative estimate of drug-likeness (QED) is 0.413. The van der Waals surface area contributed by atoms with Crippen LogP contribution in [0.25, 0.3) is 0 Å². The van der Waals surface area contributed by atoms with Crippen LogP contribution >= 0.6 is 0 Å². The molecule has 0 aromatic rings. The van der Waals surface area contributed by atoms with E-state index in [1.807, 2.05) is 6.07 Å². The molecule has 8 heavy (non-hydrogen) atoms. The van der Waals surface area contributed by atoms with Crippen LogP contribution in [-0.4, -0.2) is 12.1 Å². The highest BCUT2D eigenvalue weighted by molar-refractivity contribution is 5.81. The summed E-state index contributed by atoms with van der Waals surface area (Å²) in [6.45, 7) is 0. The van der Waals surface area contributed by atoms with Crippen molar-refractivity contribution in [3.63, 3.8) is 0 Å². The van der Waals surface area contributed by atoms with E-state index in [9.17, 15) is 4.79 Å². The summed E-state index contributed by atoms with van der Waals surface area (Å²) in [4.78, 5) is 10.2. The number of hydrogen-bond donors (Lipinski definition) is 0. The van der Waals surface area contributed by atoms with E-state index in [0.717, 1.165) is 0 Å². The van der Waals surface area contributed by atoms with Crippen molar-refractivity contribution < 1.29 is 9.53 Å². The normalized spacial score (nSPS) is 26.9. The van der Waals surface area contributed by atoms with E-state index in [2.05, 4.69) is 4.74 Å². The minimum absolute atomic E-state index is 0.378. The van der Waals surface area contributed by atoms with Gasteiger partial charge in [-0.25, -0.2) is 0 Å².